The highest BCUT2D eigenvalue weighted by molar-refractivity contribution is 7.98. The smallest absolute Gasteiger partial charge is 0.238 e. The second kappa shape index (κ2) is 7.16. The molecule has 0 fully saturated rings. The van der Waals surface area contributed by atoms with E-state index in [2.05, 4.69) is 5.32 Å². The molecule has 0 saturated carbocycles. The predicted octanol–water partition coefficient (Wildman–Crippen LogP) is -0.171. The molecule has 0 aliphatic carbocycles. The molecule has 1 amide bonds. The maximum Gasteiger partial charge on any atom is 0.238 e. The van der Waals surface area contributed by atoms with Crippen LogP contribution in [-0.2, 0) is 19.2 Å². The zero-order valence-corrected chi connectivity index (χ0v) is 10.3. The van der Waals surface area contributed by atoms with Crippen molar-refractivity contribution in [1.29, 1.82) is 0 Å². The molecule has 0 spiro atoms. The van der Waals surface area contributed by atoms with Gasteiger partial charge in [0, 0.05) is 19.2 Å². The van der Waals surface area contributed by atoms with E-state index in [4.69, 9.17) is 0 Å². The van der Waals surface area contributed by atoms with E-state index in [1.54, 1.807) is 0 Å². The van der Waals surface area contributed by atoms with E-state index >= 15 is 0 Å². The molecule has 0 aromatic rings. The van der Waals surface area contributed by atoms with E-state index in [0.29, 0.717) is 12.3 Å². The molecule has 0 aromatic heterocycles. The van der Waals surface area contributed by atoms with Gasteiger partial charge in [0.1, 0.15) is 5.78 Å². The molecule has 5 nitrogen and oxygen atoms in total. The Bertz CT molecular complexity index is 314. The summed E-state index contributed by atoms with van der Waals surface area (Å²) in [7, 11) is 0. The van der Waals surface area contributed by atoms with Gasteiger partial charge in [-0.25, -0.2) is 0 Å². The Kier molecular flexibility index (Phi) is 6.64. The van der Waals surface area contributed by atoms with Gasteiger partial charge in [-0.05, 0) is 13.2 Å². The minimum Gasteiger partial charge on any atom is -0.354 e. The molecular formula is C10H15NO4S. The maximum absolute atomic E-state index is 11.5. The van der Waals surface area contributed by atoms with E-state index in [9.17, 15) is 19.2 Å². The molecule has 0 rings (SSSR count). The molecule has 0 aliphatic heterocycles. The monoisotopic (exact) mass is 245 g/mol. The van der Waals surface area contributed by atoms with Crippen LogP contribution in [0.4, 0.5) is 0 Å². The fourth-order valence-corrected chi connectivity index (χ4v) is 1.38. The number of carbonyl (C=O) groups excluding carboxylic acids is 4. The van der Waals surface area contributed by atoms with Crippen molar-refractivity contribution in [2.24, 2.45) is 5.92 Å². The number of hydrogen-bond acceptors (Lipinski definition) is 5. The van der Waals surface area contributed by atoms with Gasteiger partial charge in [0.25, 0.3) is 0 Å². The number of hydrogen-bond donors (Lipinski definition) is 1. The summed E-state index contributed by atoms with van der Waals surface area (Å²) in [4.78, 5) is 44.8. The van der Waals surface area contributed by atoms with Crippen LogP contribution in [0.5, 0.6) is 0 Å². The summed E-state index contributed by atoms with van der Waals surface area (Å²) >= 11 is 1.53. The van der Waals surface area contributed by atoms with E-state index in [1.807, 2.05) is 6.26 Å². The summed E-state index contributed by atoms with van der Waals surface area (Å²) in [5.74, 6) is -3.83. The highest BCUT2D eigenvalue weighted by Crippen LogP contribution is 2.02. The highest BCUT2D eigenvalue weighted by atomic mass is 32.2. The second-order valence-electron chi connectivity index (χ2n) is 3.25. The third kappa shape index (κ3) is 4.57. The SMILES string of the molecule is CSCCNC(=O)C(C(C)=O)C(=O)C(C)=O. The Morgan fingerprint density at radius 2 is 1.75 bits per heavy atom. The average molecular weight is 245 g/mol. The third-order valence-electron chi connectivity index (χ3n) is 1.88. The van der Waals surface area contributed by atoms with Crippen LogP contribution in [0.3, 0.4) is 0 Å². The molecule has 0 aliphatic rings. The summed E-state index contributed by atoms with van der Waals surface area (Å²) in [6.45, 7) is 2.54. The number of carbonyl (C=O) groups is 4. The zero-order valence-electron chi connectivity index (χ0n) is 9.53. The van der Waals surface area contributed by atoms with Crippen LogP contribution < -0.4 is 5.32 Å². The second-order valence-corrected chi connectivity index (χ2v) is 4.23. The average Bonchev–Trinajstić information content (AvgIpc) is 2.17. The fourth-order valence-electron chi connectivity index (χ4n) is 1.07. The Balaban J connectivity index is 4.54. The minimum absolute atomic E-state index is 0.370. The van der Waals surface area contributed by atoms with Crippen molar-refractivity contribution in [2.45, 2.75) is 13.8 Å². The Hall–Kier alpha value is -1.17. The molecule has 0 radical (unpaired) electrons. The molecule has 90 valence electrons. The molecular weight excluding hydrogens is 230 g/mol. The molecule has 1 atom stereocenters. The van der Waals surface area contributed by atoms with E-state index < -0.39 is 29.2 Å². The molecule has 1 unspecified atom stereocenters. The zero-order chi connectivity index (χ0) is 12.7. The predicted molar refractivity (Wildman–Crippen MR) is 61.3 cm³/mol. The van der Waals surface area contributed by atoms with Crippen molar-refractivity contribution in [2.75, 3.05) is 18.6 Å². The van der Waals surface area contributed by atoms with Crippen molar-refractivity contribution in [1.82, 2.24) is 5.32 Å². The number of Topliss-reactive ketones (excluding diaryl/α,β-unsaturated/α-hetero) is 3. The van der Waals surface area contributed by atoms with Gasteiger partial charge < -0.3 is 5.32 Å². The lowest BCUT2D eigenvalue weighted by atomic mass is 9.96. The number of nitrogens with one attached hydrogen (secondary N) is 1. The maximum atomic E-state index is 11.5. The van der Waals surface area contributed by atoms with Crippen molar-refractivity contribution >= 4 is 35.0 Å². The quantitative estimate of drug-likeness (QED) is 0.382. The highest BCUT2D eigenvalue weighted by Gasteiger charge is 2.33. The summed E-state index contributed by atoms with van der Waals surface area (Å²) in [5.41, 5.74) is 0. The lowest BCUT2D eigenvalue weighted by Crippen LogP contribution is -2.42. The van der Waals surface area contributed by atoms with Gasteiger partial charge in [0.05, 0.1) is 0 Å². The Labute approximate surface area is 98.3 Å². The van der Waals surface area contributed by atoms with E-state index in [1.165, 1.54) is 11.8 Å². The molecule has 0 heterocycles. The van der Waals surface area contributed by atoms with Gasteiger partial charge in [-0.15, -0.1) is 0 Å². The van der Waals surface area contributed by atoms with Crippen LogP contribution >= 0.6 is 11.8 Å². The lowest BCUT2D eigenvalue weighted by molar-refractivity contribution is -0.146. The molecule has 1 N–H and O–H groups in total. The van der Waals surface area contributed by atoms with Crippen LogP contribution in [0.2, 0.25) is 0 Å². The fraction of sp³-hybridized carbons (Fsp3) is 0.600. The summed E-state index contributed by atoms with van der Waals surface area (Å²) in [5, 5.41) is 2.45. The number of rotatable bonds is 7. The van der Waals surface area contributed by atoms with Gasteiger partial charge in [-0.2, -0.15) is 11.8 Å². The van der Waals surface area contributed by atoms with Gasteiger partial charge in [-0.3, -0.25) is 19.2 Å². The normalized spacial score (nSPS) is 11.7. The van der Waals surface area contributed by atoms with Crippen LogP contribution in [0, 0.1) is 5.92 Å². The van der Waals surface area contributed by atoms with Gasteiger partial charge in [0.2, 0.25) is 11.7 Å². The van der Waals surface area contributed by atoms with Crippen molar-refractivity contribution in [3.05, 3.63) is 0 Å². The topological polar surface area (TPSA) is 80.3 Å². The molecule has 0 bridgehead atoms. The van der Waals surface area contributed by atoms with Crippen LogP contribution in [0.1, 0.15) is 13.8 Å². The van der Waals surface area contributed by atoms with Crippen LogP contribution in [0.25, 0.3) is 0 Å². The molecule has 16 heavy (non-hydrogen) atoms. The first-order valence-corrected chi connectivity index (χ1v) is 6.13. The third-order valence-corrected chi connectivity index (χ3v) is 2.50. The summed E-state index contributed by atoms with van der Waals surface area (Å²) < 4.78 is 0. The van der Waals surface area contributed by atoms with E-state index in [-0.39, 0.29) is 0 Å². The molecule has 6 heteroatoms. The van der Waals surface area contributed by atoms with Crippen molar-refractivity contribution in [3.63, 3.8) is 0 Å². The van der Waals surface area contributed by atoms with E-state index in [0.717, 1.165) is 13.8 Å². The van der Waals surface area contributed by atoms with Gasteiger partial charge >= 0.3 is 0 Å². The number of thioether (sulfide) groups is 1. The van der Waals surface area contributed by atoms with Crippen LogP contribution in [0.15, 0.2) is 0 Å². The minimum atomic E-state index is -1.49. The van der Waals surface area contributed by atoms with Gasteiger partial charge in [-0.1, -0.05) is 0 Å². The Morgan fingerprint density at radius 3 is 2.12 bits per heavy atom. The first kappa shape index (κ1) is 14.8. The summed E-state index contributed by atoms with van der Waals surface area (Å²) in [6, 6.07) is 0. The summed E-state index contributed by atoms with van der Waals surface area (Å²) in [6.07, 6.45) is 1.87. The number of amides is 1. The van der Waals surface area contributed by atoms with Crippen molar-refractivity contribution in [3.8, 4) is 0 Å². The molecule has 0 saturated heterocycles. The first-order chi connectivity index (χ1) is 7.41. The Morgan fingerprint density at radius 1 is 1.19 bits per heavy atom. The van der Waals surface area contributed by atoms with Crippen molar-refractivity contribution < 1.29 is 19.2 Å². The van der Waals surface area contributed by atoms with Crippen LogP contribution in [-0.4, -0.2) is 41.8 Å². The standard InChI is InChI=1S/C10H15NO4S/c1-6(12)8(9(14)7(2)13)10(15)11-4-5-16-3/h8H,4-5H2,1-3H3,(H,11,15). The first-order valence-electron chi connectivity index (χ1n) is 4.73. The number of ketones is 3. The lowest BCUT2D eigenvalue weighted by Gasteiger charge is -2.10. The van der Waals surface area contributed by atoms with Gasteiger partial charge in [0.15, 0.2) is 11.7 Å². The largest absolute Gasteiger partial charge is 0.354 e. The molecule has 0 aromatic carbocycles.